The Kier molecular flexibility index (Phi) is 4.39. The van der Waals surface area contributed by atoms with E-state index < -0.39 is 5.97 Å². The van der Waals surface area contributed by atoms with Gasteiger partial charge in [0.1, 0.15) is 5.75 Å². The van der Waals surface area contributed by atoms with Crippen LogP contribution in [-0.2, 0) is 4.79 Å². The SMILES string of the molecule is O=C(O)COc1ccc(C(=O)N2CCCCC2)cc1. The fourth-order valence-electron chi connectivity index (χ4n) is 2.12. The van der Waals surface area contributed by atoms with Crippen LogP contribution in [0.4, 0.5) is 0 Å². The number of aliphatic carboxylic acids is 1. The molecule has 1 aromatic carbocycles. The number of nitrogens with zero attached hydrogens (tertiary/aromatic N) is 1. The van der Waals surface area contributed by atoms with Gasteiger partial charge in [-0.1, -0.05) is 0 Å². The van der Waals surface area contributed by atoms with Crippen molar-refractivity contribution in [3.63, 3.8) is 0 Å². The van der Waals surface area contributed by atoms with Crippen LogP contribution in [0.15, 0.2) is 24.3 Å². The van der Waals surface area contributed by atoms with Crippen molar-refractivity contribution in [2.75, 3.05) is 19.7 Å². The molecule has 19 heavy (non-hydrogen) atoms. The molecular formula is C14H17NO4. The van der Waals surface area contributed by atoms with E-state index in [2.05, 4.69) is 0 Å². The number of benzene rings is 1. The lowest BCUT2D eigenvalue weighted by atomic mass is 10.1. The van der Waals surface area contributed by atoms with E-state index in [1.54, 1.807) is 24.3 Å². The summed E-state index contributed by atoms with van der Waals surface area (Å²) in [6, 6.07) is 6.60. The summed E-state index contributed by atoms with van der Waals surface area (Å²) in [4.78, 5) is 24.4. The molecule has 0 bridgehead atoms. The Hall–Kier alpha value is -2.04. The predicted molar refractivity (Wildman–Crippen MR) is 69.3 cm³/mol. The maximum absolute atomic E-state index is 12.2. The lowest BCUT2D eigenvalue weighted by molar-refractivity contribution is -0.139. The fourth-order valence-corrected chi connectivity index (χ4v) is 2.12. The Morgan fingerprint density at radius 3 is 2.32 bits per heavy atom. The van der Waals surface area contributed by atoms with Crippen LogP contribution in [0.25, 0.3) is 0 Å². The Balaban J connectivity index is 1.97. The molecule has 0 saturated carbocycles. The largest absolute Gasteiger partial charge is 0.482 e. The van der Waals surface area contributed by atoms with Gasteiger partial charge in [-0.15, -0.1) is 0 Å². The summed E-state index contributed by atoms with van der Waals surface area (Å²) in [5.74, 6) is -0.532. The minimum absolute atomic E-state index is 0.0319. The monoisotopic (exact) mass is 263 g/mol. The number of carbonyl (C=O) groups excluding carboxylic acids is 1. The molecule has 0 aromatic heterocycles. The van der Waals surface area contributed by atoms with E-state index in [0.29, 0.717) is 11.3 Å². The van der Waals surface area contributed by atoms with Gasteiger partial charge in [0, 0.05) is 18.7 Å². The molecule has 2 rings (SSSR count). The van der Waals surface area contributed by atoms with E-state index in [0.717, 1.165) is 25.9 Å². The van der Waals surface area contributed by atoms with E-state index in [9.17, 15) is 9.59 Å². The van der Waals surface area contributed by atoms with Crippen LogP contribution in [0, 0.1) is 0 Å². The average Bonchev–Trinajstić information content (AvgIpc) is 2.46. The van der Waals surface area contributed by atoms with Gasteiger partial charge in [0.25, 0.3) is 5.91 Å². The summed E-state index contributed by atoms with van der Waals surface area (Å²) < 4.78 is 5.02. The molecule has 0 spiro atoms. The number of hydrogen-bond donors (Lipinski definition) is 1. The first-order valence-electron chi connectivity index (χ1n) is 6.41. The third-order valence-electron chi connectivity index (χ3n) is 3.11. The molecular weight excluding hydrogens is 246 g/mol. The van der Waals surface area contributed by atoms with Crippen molar-refractivity contribution in [2.45, 2.75) is 19.3 Å². The Morgan fingerprint density at radius 2 is 1.74 bits per heavy atom. The number of likely N-dealkylation sites (tertiary alicyclic amines) is 1. The Labute approximate surface area is 111 Å². The highest BCUT2D eigenvalue weighted by molar-refractivity contribution is 5.94. The van der Waals surface area contributed by atoms with Gasteiger partial charge in [0.15, 0.2) is 6.61 Å². The van der Waals surface area contributed by atoms with Crippen LogP contribution >= 0.6 is 0 Å². The van der Waals surface area contributed by atoms with Crippen molar-refractivity contribution >= 4 is 11.9 Å². The number of rotatable bonds is 4. The second kappa shape index (κ2) is 6.22. The molecule has 5 heteroatoms. The highest BCUT2D eigenvalue weighted by Gasteiger charge is 2.17. The lowest BCUT2D eigenvalue weighted by Crippen LogP contribution is -2.35. The van der Waals surface area contributed by atoms with Gasteiger partial charge in [0.2, 0.25) is 0 Å². The molecule has 0 aliphatic carbocycles. The zero-order valence-electron chi connectivity index (χ0n) is 10.7. The van der Waals surface area contributed by atoms with Gasteiger partial charge < -0.3 is 14.7 Å². The van der Waals surface area contributed by atoms with Crippen LogP contribution in [0.1, 0.15) is 29.6 Å². The van der Waals surface area contributed by atoms with E-state index >= 15 is 0 Å². The molecule has 1 saturated heterocycles. The van der Waals surface area contributed by atoms with Crippen LogP contribution in [0.3, 0.4) is 0 Å². The van der Waals surface area contributed by atoms with Gasteiger partial charge in [-0.25, -0.2) is 4.79 Å². The molecule has 102 valence electrons. The molecule has 0 atom stereocenters. The maximum atomic E-state index is 12.2. The first-order chi connectivity index (χ1) is 9.16. The molecule has 0 radical (unpaired) electrons. The average molecular weight is 263 g/mol. The Morgan fingerprint density at radius 1 is 1.11 bits per heavy atom. The summed E-state index contributed by atoms with van der Waals surface area (Å²) in [5.41, 5.74) is 0.615. The van der Waals surface area contributed by atoms with Crippen molar-refractivity contribution in [1.29, 1.82) is 0 Å². The minimum Gasteiger partial charge on any atom is -0.482 e. The molecule has 1 heterocycles. The van der Waals surface area contributed by atoms with Crippen molar-refractivity contribution in [2.24, 2.45) is 0 Å². The quantitative estimate of drug-likeness (QED) is 0.899. The molecule has 1 aromatic rings. The van der Waals surface area contributed by atoms with E-state index in [-0.39, 0.29) is 12.5 Å². The third kappa shape index (κ3) is 3.71. The molecule has 1 N–H and O–H groups in total. The lowest BCUT2D eigenvalue weighted by Gasteiger charge is -2.26. The predicted octanol–water partition coefficient (Wildman–Crippen LogP) is 1.78. The molecule has 1 amide bonds. The highest BCUT2D eigenvalue weighted by Crippen LogP contribution is 2.16. The molecule has 0 unspecified atom stereocenters. The zero-order chi connectivity index (χ0) is 13.7. The molecule has 1 aliphatic heterocycles. The number of carboxylic acids is 1. The minimum atomic E-state index is -1.02. The Bertz CT molecular complexity index is 449. The van der Waals surface area contributed by atoms with E-state index in [1.165, 1.54) is 6.42 Å². The van der Waals surface area contributed by atoms with Gasteiger partial charge >= 0.3 is 5.97 Å². The third-order valence-corrected chi connectivity index (χ3v) is 3.11. The normalized spacial score (nSPS) is 15.1. The van der Waals surface area contributed by atoms with Gasteiger partial charge in [0.05, 0.1) is 0 Å². The second-order valence-electron chi connectivity index (χ2n) is 4.56. The molecule has 5 nitrogen and oxygen atoms in total. The van der Waals surface area contributed by atoms with Crippen molar-refractivity contribution in [3.8, 4) is 5.75 Å². The molecule has 1 fully saturated rings. The van der Waals surface area contributed by atoms with Crippen LogP contribution in [0.2, 0.25) is 0 Å². The van der Waals surface area contributed by atoms with E-state index in [4.69, 9.17) is 9.84 Å². The van der Waals surface area contributed by atoms with E-state index in [1.807, 2.05) is 4.90 Å². The second-order valence-corrected chi connectivity index (χ2v) is 4.56. The fraction of sp³-hybridized carbons (Fsp3) is 0.429. The van der Waals surface area contributed by atoms with Crippen LogP contribution in [0.5, 0.6) is 5.75 Å². The van der Waals surface area contributed by atoms with Gasteiger partial charge in [-0.2, -0.15) is 0 Å². The summed E-state index contributed by atoms with van der Waals surface area (Å²) in [5, 5.41) is 8.50. The van der Waals surface area contributed by atoms with Gasteiger partial charge in [-0.05, 0) is 43.5 Å². The van der Waals surface area contributed by atoms with Crippen molar-refractivity contribution in [3.05, 3.63) is 29.8 Å². The van der Waals surface area contributed by atoms with Crippen LogP contribution in [-0.4, -0.2) is 41.6 Å². The number of ether oxygens (including phenoxy) is 1. The zero-order valence-corrected chi connectivity index (χ0v) is 10.7. The smallest absolute Gasteiger partial charge is 0.341 e. The van der Waals surface area contributed by atoms with Crippen molar-refractivity contribution < 1.29 is 19.4 Å². The topological polar surface area (TPSA) is 66.8 Å². The number of amides is 1. The first-order valence-corrected chi connectivity index (χ1v) is 6.41. The number of piperidine rings is 1. The summed E-state index contributed by atoms with van der Waals surface area (Å²) in [6.07, 6.45) is 3.31. The molecule has 1 aliphatic rings. The number of hydrogen-bond acceptors (Lipinski definition) is 3. The maximum Gasteiger partial charge on any atom is 0.341 e. The van der Waals surface area contributed by atoms with Gasteiger partial charge in [-0.3, -0.25) is 4.79 Å². The van der Waals surface area contributed by atoms with Crippen molar-refractivity contribution in [1.82, 2.24) is 4.90 Å². The number of carboxylic acid groups (broad SMARTS) is 1. The number of carbonyl (C=O) groups is 2. The standard InChI is InChI=1S/C14H17NO4/c16-13(17)10-19-12-6-4-11(5-7-12)14(18)15-8-2-1-3-9-15/h4-7H,1-3,8-10H2,(H,16,17). The highest BCUT2D eigenvalue weighted by atomic mass is 16.5. The summed E-state index contributed by atoms with van der Waals surface area (Å²) >= 11 is 0. The summed E-state index contributed by atoms with van der Waals surface area (Å²) in [6.45, 7) is 1.26. The summed E-state index contributed by atoms with van der Waals surface area (Å²) in [7, 11) is 0. The van der Waals surface area contributed by atoms with Crippen LogP contribution < -0.4 is 4.74 Å². The first kappa shape index (κ1) is 13.4.